The first-order valence-corrected chi connectivity index (χ1v) is 6.05. The maximum Gasteiger partial charge on any atom is 0.160 e. The van der Waals surface area contributed by atoms with Crippen LogP contribution in [0.15, 0.2) is 23.1 Å². The molecule has 0 aliphatic heterocycles. The zero-order valence-corrected chi connectivity index (χ0v) is 9.11. The van der Waals surface area contributed by atoms with E-state index in [9.17, 15) is 9.90 Å². The number of rotatable bonds is 2. The number of carbonyl (C=O) groups excluding carboxylic acids is 1. The lowest BCUT2D eigenvalue weighted by molar-refractivity contribution is 0.112. The number of aldehydes is 1. The Balaban J connectivity index is 2.79. The lowest BCUT2D eigenvalue weighted by Crippen LogP contribution is -1.72. The summed E-state index contributed by atoms with van der Waals surface area (Å²) < 4.78 is 0.986. The lowest BCUT2D eigenvalue weighted by atomic mass is 10.2. The average Bonchev–Trinajstić information content (AvgIpc) is 2.60. The number of hydrogen-bond donors (Lipinski definition) is 1. The minimum absolute atomic E-state index is 0.282. The van der Waals surface area contributed by atoms with Gasteiger partial charge in [0.15, 0.2) is 6.29 Å². The molecule has 0 spiro atoms. The fraction of sp³-hybridized carbons (Fsp3) is 0.100. The minimum Gasteiger partial charge on any atom is -0.507 e. The summed E-state index contributed by atoms with van der Waals surface area (Å²) in [6, 6.07) is 5.33. The van der Waals surface area contributed by atoms with Crippen LogP contribution in [0.2, 0.25) is 0 Å². The van der Waals surface area contributed by atoms with Gasteiger partial charge in [-0.3, -0.25) is 4.79 Å². The van der Waals surface area contributed by atoms with Crippen LogP contribution in [0.25, 0.3) is 10.1 Å². The largest absolute Gasteiger partial charge is 0.507 e. The molecule has 2 rings (SSSR count). The van der Waals surface area contributed by atoms with Crippen molar-refractivity contribution >= 4 is 39.5 Å². The van der Waals surface area contributed by atoms with Crippen LogP contribution in [0.1, 0.15) is 9.67 Å². The summed E-state index contributed by atoms with van der Waals surface area (Å²) in [6.07, 6.45) is 2.75. The Morgan fingerprint density at radius 1 is 1.50 bits per heavy atom. The fourth-order valence-corrected chi connectivity index (χ4v) is 3.21. The molecule has 0 amide bonds. The van der Waals surface area contributed by atoms with Crippen LogP contribution in [0, 0.1) is 0 Å². The topological polar surface area (TPSA) is 37.3 Å². The summed E-state index contributed by atoms with van der Waals surface area (Å²) in [6.45, 7) is 0. The van der Waals surface area contributed by atoms with Gasteiger partial charge in [0.25, 0.3) is 0 Å². The zero-order chi connectivity index (χ0) is 10.1. The van der Waals surface area contributed by atoms with Crippen molar-refractivity contribution in [2.45, 2.75) is 4.90 Å². The molecule has 1 aromatic carbocycles. The zero-order valence-electron chi connectivity index (χ0n) is 7.48. The van der Waals surface area contributed by atoms with Crippen molar-refractivity contribution in [3.05, 3.63) is 23.1 Å². The normalized spacial score (nSPS) is 10.6. The molecule has 1 aromatic heterocycles. The quantitative estimate of drug-likeness (QED) is 0.629. The Bertz CT molecular complexity index is 488. The van der Waals surface area contributed by atoms with Crippen LogP contribution in [0.5, 0.6) is 5.75 Å². The molecule has 0 unspecified atom stereocenters. The van der Waals surface area contributed by atoms with E-state index in [1.165, 1.54) is 23.1 Å². The first kappa shape index (κ1) is 9.55. The maximum atomic E-state index is 10.6. The molecule has 0 radical (unpaired) electrons. The predicted molar refractivity (Wildman–Crippen MR) is 60.7 cm³/mol. The average molecular weight is 224 g/mol. The fourth-order valence-electron chi connectivity index (χ4n) is 1.34. The van der Waals surface area contributed by atoms with Crippen LogP contribution >= 0.6 is 23.1 Å². The van der Waals surface area contributed by atoms with Gasteiger partial charge in [-0.25, -0.2) is 0 Å². The number of carbonyl (C=O) groups is 1. The molecular weight excluding hydrogens is 216 g/mol. The van der Waals surface area contributed by atoms with E-state index in [-0.39, 0.29) is 5.75 Å². The molecule has 0 aliphatic carbocycles. The number of benzene rings is 1. The Morgan fingerprint density at radius 3 is 2.93 bits per heavy atom. The van der Waals surface area contributed by atoms with Gasteiger partial charge in [-0.15, -0.1) is 23.1 Å². The van der Waals surface area contributed by atoms with Crippen LogP contribution in [0.3, 0.4) is 0 Å². The van der Waals surface area contributed by atoms with Crippen LogP contribution in [0.4, 0.5) is 0 Å². The van der Waals surface area contributed by atoms with Gasteiger partial charge in [-0.2, -0.15) is 0 Å². The summed E-state index contributed by atoms with van der Waals surface area (Å²) in [5.41, 5.74) is 0. The standard InChI is InChI=1S/C10H8O2S2/c1-13-10-8(12)3-2-6-4-7(5-11)14-9(6)10/h2-5,12H,1H3. The van der Waals surface area contributed by atoms with Gasteiger partial charge in [0.1, 0.15) is 5.75 Å². The number of aromatic hydroxyl groups is 1. The highest BCUT2D eigenvalue weighted by Crippen LogP contribution is 2.38. The SMILES string of the molecule is CSc1c(O)ccc2cc(C=O)sc12. The third kappa shape index (κ3) is 1.40. The molecule has 4 heteroatoms. The van der Waals surface area contributed by atoms with E-state index in [0.717, 1.165) is 21.3 Å². The number of thioether (sulfide) groups is 1. The summed E-state index contributed by atoms with van der Waals surface area (Å²) >= 11 is 2.91. The third-order valence-corrected chi connectivity index (χ3v) is 4.00. The van der Waals surface area contributed by atoms with Gasteiger partial charge >= 0.3 is 0 Å². The molecule has 0 atom stereocenters. The highest BCUT2D eigenvalue weighted by atomic mass is 32.2. The van der Waals surface area contributed by atoms with Crippen molar-refractivity contribution in [2.24, 2.45) is 0 Å². The second-order valence-corrected chi connectivity index (χ2v) is 4.70. The molecule has 0 fully saturated rings. The second-order valence-electron chi connectivity index (χ2n) is 2.80. The lowest BCUT2D eigenvalue weighted by Gasteiger charge is -2.01. The highest BCUT2D eigenvalue weighted by Gasteiger charge is 2.09. The van der Waals surface area contributed by atoms with E-state index >= 15 is 0 Å². The van der Waals surface area contributed by atoms with E-state index in [0.29, 0.717) is 4.88 Å². The first-order valence-electron chi connectivity index (χ1n) is 4.01. The molecule has 0 saturated heterocycles. The smallest absolute Gasteiger partial charge is 0.160 e. The third-order valence-electron chi connectivity index (χ3n) is 1.96. The molecule has 1 heterocycles. The molecule has 2 nitrogen and oxygen atoms in total. The summed E-state index contributed by atoms with van der Waals surface area (Å²) in [5, 5.41) is 10.6. The molecule has 2 aromatic rings. The second kappa shape index (κ2) is 3.63. The van der Waals surface area contributed by atoms with Gasteiger partial charge in [0.05, 0.1) is 14.5 Å². The van der Waals surface area contributed by atoms with E-state index in [1.54, 1.807) is 6.07 Å². The van der Waals surface area contributed by atoms with Crippen LogP contribution in [-0.4, -0.2) is 17.6 Å². The van der Waals surface area contributed by atoms with Crippen molar-refractivity contribution in [1.82, 2.24) is 0 Å². The molecule has 0 bridgehead atoms. The number of phenolic OH excluding ortho intramolecular Hbond substituents is 1. The molecular formula is C10H8O2S2. The Kier molecular flexibility index (Phi) is 2.48. The minimum atomic E-state index is 0.282. The van der Waals surface area contributed by atoms with E-state index in [1.807, 2.05) is 18.4 Å². The number of fused-ring (bicyclic) bond motifs is 1. The maximum absolute atomic E-state index is 10.6. The van der Waals surface area contributed by atoms with Crippen molar-refractivity contribution in [3.63, 3.8) is 0 Å². The van der Waals surface area contributed by atoms with Gasteiger partial charge in [0.2, 0.25) is 0 Å². The molecule has 72 valence electrons. The molecule has 1 N–H and O–H groups in total. The van der Waals surface area contributed by atoms with Crippen LogP contribution in [-0.2, 0) is 0 Å². The van der Waals surface area contributed by atoms with Gasteiger partial charge in [-0.05, 0) is 29.8 Å². The highest BCUT2D eigenvalue weighted by molar-refractivity contribution is 7.99. The number of thiophene rings is 1. The van der Waals surface area contributed by atoms with Gasteiger partial charge < -0.3 is 5.11 Å². The molecule has 0 saturated carbocycles. The van der Waals surface area contributed by atoms with Crippen LogP contribution < -0.4 is 0 Å². The predicted octanol–water partition coefficient (Wildman–Crippen LogP) is 3.14. The monoisotopic (exact) mass is 224 g/mol. The number of hydrogen-bond acceptors (Lipinski definition) is 4. The first-order chi connectivity index (χ1) is 6.76. The summed E-state index contributed by atoms with van der Waals surface area (Å²) in [4.78, 5) is 12.1. The molecule has 14 heavy (non-hydrogen) atoms. The Morgan fingerprint density at radius 2 is 2.29 bits per heavy atom. The van der Waals surface area contributed by atoms with Crippen molar-refractivity contribution in [1.29, 1.82) is 0 Å². The number of phenols is 1. The molecule has 0 aliphatic rings. The van der Waals surface area contributed by atoms with Gasteiger partial charge in [-0.1, -0.05) is 0 Å². The Labute approximate surface area is 89.6 Å². The van der Waals surface area contributed by atoms with E-state index in [4.69, 9.17) is 0 Å². The van der Waals surface area contributed by atoms with Gasteiger partial charge in [0, 0.05) is 0 Å². The van der Waals surface area contributed by atoms with Crippen molar-refractivity contribution in [2.75, 3.05) is 6.26 Å². The van der Waals surface area contributed by atoms with E-state index in [2.05, 4.69) is 0 Å². The Hall–Kier alpha value is -1.00. The van der Waals surface area contributed by atoms with E-state index < -0.39 is 0 Å². The van der Waals surface area contributed by atoms with Crippen molar-refractivity contribution < 1.29 is 9.90 Å². The summed E-state index contributed by atoms with van der Waals surface area (Å²) in [5.74, 6) is 0.282. The summed E-state index contributed by atoms with van der Waals surface area (Å²) in [7, 11) is 0. The van der Waals surface area contributed by atoms with Crippen molar-refractivity contribution in [3.8, 4) is 5.75 Å².